The van der Waals surface area contributed by atoms with Crippen molar-refractivity contribution < 1.29 is 18.3 Å². The van der Waals surface area contributed by atoms with Crippen LogP contribution in [0, 0.1) is 5.92 Å². The highest BCUT2D eigenvalue weighted by molar-refractivity contribution is 5.81. The Morgan fingerprint density at radius 1 is 1.21 bits per heavy atom. The molecule has 0 spiro atoms. The van der Waals surface area contributed by atoms with E-state index in [1.165, 1.54) is 14.2 Å². The van der Waals surface area contributed by atoms with Crippen LogP contribution in [0.2, 0.25) is 0 Å². The van der Waals surface area contributed by atoms with Gasteiger partial charge in [-0.2, -0.15) is 0 Å². The van der Waals surface area contributed by atoms with Crippen molar-refractivity contribution in [2.45, 2.75) is 38.0 Å². The summed E-state index contributed by atoms with van der Waals surface area (Å²) in [4.78, 5) is 19.5. The Balaban J connectivity index is 1.89. The van der Waals surface area contributed by atoms with E-state index in [0.29, 0.717) is 47.5 Å². The normalized spacial score (nSPS) is 17.8. The molecule has 0 saturated heterocycles. The third-order valence-corrected chi connectivity index (χ3v) is 4.58. The minimum absolute atomic E-state index is 0.0967. The molecule has 0 atom stereocenters. The fraction of sp³-hybridized carbons (Fsp3) is 0.529. The molecular formula is C17H20F2N2O3. The second kappa shape index (κ2) is 6.37. The molecule has 0 radical (unpaired) electrons. The van der Waals surface area contributed by atoms with Crippen LogP contribution < -0.4 is 15.0 Å². The number of aromatic nitrogens is 2. The molecule has 7 heteroatoms. The number of H-pyrrole nitrogens is 1. The lowest BCUT2D eigenvalue weighted by atomic mass is 9.84. The first-order valence-corrected chi connectivity index (χ1v) is 7.94. The summed E-state index contributed by atoms with van der Waals surface area (Å²) in [5.41, 5.74) is 0.240. The van der Waals surface area contributed by atoms with Gasteiger partial charge in [-0.3, -0.25) is 4.79 Å². The first-order chi connectivity index (χ1) is 11.4. The summed E-state index contributed by atoms with van der Waals surface area (Å²) in [5, 5.41) is 0.409. The standard InChI is InChI=1S/C17H20F2N2O3/c1-23-13-8-11-12(9-14(13)24-2)20-15(21-16(11)22)7-10-3-5-17(18,19)6-4-10/h8-10H,3-7H2,1-2H3,(H,20,21,22). The number of fused-ring (bicyclic) bond motifs is 1. The zero-order chi connectivity index (χ0) is 17.3. The Labute approximate surface area is 138 Å². The summed E-state index contributed by atoms with van der Waals surface area (Å²) in [5.74, 6) is -0.962. The van der Waals surface area contributed by atoms with Crippen LogP contribution >= 0.6 is 0 Å². The Morgan fingerprint density at radius 3 is 2.46 bits per heavy atom. The quantitative estimate of drug-likeness (QED) is 0.929. The Kier molecular flexibility index (Phi) is 4.43. The highest BCUT2D eigenvalue weighted by atomic mass is 19.3. The summed E-state index contributed by atoms with van der Waals surface area (Å²) in [7, 11) is 3.01. The van der Waals surface area contributed by atoms with Crippen LogP contribution in [0.1, 0.15) is 31.5 Å². The number of hydrogen-bond acceptors (Lipinski definition) is 4. The molecule has 24 heavy (non-hydrogen) atoms. The SMILES string of the molecule is COc1cc2nc(CC3CCC(F)(F)CC3)[nH]c(=O)c2cc1OC. The Hall–Kier alpha value is -2.18. The van der Waals surface area contributed by atoms with E-state index < -0.39 is 5.92 Å². The molecule has 0 bridgehead atoms. The van der Waals surface area contributed by atoms with Crippen LogP contribution in [-0.2, 0) is 6.42 Å². The first kappa shape index (κ1) is 16.7. The third kappa shape index (κ3) is 3.34. The maximum atomic E-state index is 13.2. The van der Waals surface area contributed by atoms with E-state index in [9.17, 15) is 13.6 Å². The molecule has 130 valence electrons. The number of halogens is 2. The van der Waals surface area contributed by atoms with E-state index in [-0.39, 0.29) is 24.3 Å². The number of rotatable bonds is 4. The molecule has 1 aliphatic rings. The molecule has 1 aromatic heterocycles. The minimum atomic E-state index is -2.55. The van der Waals surface area contributed by atoms with Gasteiger partial charge in [0, 0.05) is 25.3 Å². The van der Waals surface area contributed by atoms with E-state index in [1.807, 2.05) is 0 Å². The highest BCUT2D eigenvalue weighted by Crippen LogP contribution is 2.37. The van der Waals surface area contributed by atoms with Gasteiger partial charge in [0.05, 0.1) is 25.1 Å². The molecule has 5 nitrogen and oxygen atoms in total. The fourth-order valence-corrected chi connectivity index (χ4v) is 3.19. The molecule has 3 rings (SSSR count). The molecule has 1 heterocycles. The van der Waals surface area contributed by atoms with E-state index in [2.05, 4.69) is 9.97 Å². The minimum Gasteiger partial charge on any atom is -0.493 e. The largest absolute Gasteiger partial charge is 0.493 e. The monoisotopic (exact) mass is 338 g/mol. The van der Waals surface area contributed by atoms with Crippen LogP contribution in [0.4, 0.5) is 8.78 Å². The topological polar surface area (TPSA) is 64.2 Å². The molecule has 1 N–H and O–H groups in total. The van der Waals surface area contributed by atoms with Crippen LogP contribution in [-0.4, -0.2) is 30.1 Å². The second-order valence-electron chi connectivity index (χ2n) is 6.24. The van der Waals surface area contributed by atoms with Crippen molar-refractivity contribution in [1.82, 2.24) is 9.97 Å². The Morgan fingerprint density at radius 2 is 1.83 bits per heavy atom. The molecule has 2 aromatic rings. The number of nitrogens with one attached hydrogen (secondary N) is 1. The highest BCUT2D eigenvalue weighted by Gasteiger charge is 2.35. The number of aromatic amines is 1. The third-order valence-electron chi connectivity index (χ3n) is 4.58. The van der Waals surface area contributed by atoms with Crippen LogP contribution in [0.3, 0.4) is 0 Å². The fourth-order valence-electron chi connectivity index (χ4n) is 3.19. The van der Waals surface area contributed by atoms with Gasteiger partial charge in [0.1, 0.15) is 5.82 Å². The van der Waals surface area contributed by atoms with E-state index in [4.69, 9.17) is 9.47 Å². The predicted molar refractivity (Wildman–Crippen MR) is 86.1 cm³/mol. The maximum Gasteiger partial charge on any atom is 0.258 e. The number of benzene rings is 1. The smallest absolute Gasteiger partial charge is 0.258 e. The number of alkyl halides is 2. The lowest BCUT2D eigenvalue weighted by Gasteiger charge is -2.27. The lowest BCUT2D eigenvalue weighted by Crippen LogP contribution is -2.26. The van der Waals surface area contributed by atoms with Crippen molar-refractivity contribution >= 4 is 10.9 Å². The summed E-state index contributed by atoms with van der Waals surface area (Å²) < 4.78 is 36.9. The predicted octanol–water partition coefficient (Wildman–Crippen LogP) is 3.31. The summed E-state index contributed by atoms with van der Waals surface area (Å²) in [6.45, 7) is 0. The first-order valence-electron chi connectivity index (χ1n) is 7.94. The van der Waals surface area contributed by atoms with Crippen molar-refractivity contribution in [2.75, 3.05) is 14.2 Å². The van der Waals surface area contributed by atoms with Crippen molar-refractivity contribution in [3.8, 4) is 11.5 Å². The molecule has 0 aliphatic heterocycles. The van der Waals surface area contributed by atoms with Gasteiger partial charge in [0.2, 0.25) is 5.92 Å². The van der Waals surface area contributed by atoms with Gasteiger partial charge in [-0.05, 0) is 24.8 Å². The molecular weight excluding hydrogens is 318 g/mol. The number of nitrogens with zero attached hydrogens (tertiary/aromatic N) is 1. The van der Waals surface area contributed by atoms with Gasteiger partial charge in [0.25, 0.3) is 5.56 Å². The number of methoxy groups -OCH3 is 2. The summed E-state index contributed by atoms with van der Waals surface area (Å²) >= 11 is 0. The van der Waals surface area contributed by atoms with Crippen molar-refractivity contribution in [3.63, 3.8) is 0 Å². The maximum absolute atomic E-state index is 13.2. The number of hydrogen-bond donors (Lipinski definition) is 1. The van der Waals surface area contributed by atoms with Gasteiger partial charge in [-0.15, -0.1) is 0 Å². The summed E-state index contributed by atoms with van der Waals surface area (Å²) in [6.07, 6.45) is 1.19. The van der Waals surface area contributed by atoms with Gasteiger partial charge in [-0.25, -0.2) is 13.8 Å². The van der Waals surface area contributed by atoms with E-state index in [0.717, 1.165) is 0 Å². The van der Waals surface area contributed by atoms with Crippen molar-refractivity contribution in [2.24, 2.45) is 5.92 Å². The summed E-state index contributed by atoms with van der Waals surface area (Å²) in [6, 6.07) is 3.24. The average Bonchev–Trinajstić information content (AvgIpc) is 2.55. The van der Waals surface area contributed by atoms with Crippen molar-refractivity contribution in [1.29, 1.82) is 0 Å². The molecule has 1 aliphatic carbocycles. The lowest BCUT2D eigenvalue weighted by molar-refractivity contribution is -0.0458. The molecule has 0 amide bonds. The number of ether oxygens (including phenoxy) is 2. The van der Waals surface area contributed by atoms with Gasteiger partial charge in [0.15, 0.2) is 11.5 Å². The van der Waals surface area contributed by atoms with Crippen LogP contribution in [0.25, 0.3) is 10.9 Å². The van der Waals surface area contributed by atoms with Crippen molar-refractivity contribution in [3.05, 3.63) is 28.3 Å². The van der Waals surface area contributed by atoms with Gasteiger partial charge < -0.3 is 14.5 Å². The zero-order valence-electron chi connectivity index (χ0n) is 13.7. The molecule has 1 aromatic carbocycles. The second-order valence-corrected chi connectivity index (χ2v) is 6.24. The van der Waals surface area contributed by atoms with Crippen LogP contribution in [0.5, 0.6) is 11.5 Å². The van der Waals surface area contributed by atoms with E-state index in [1.54, 1.807) is 12.1 Å². The molecule has 0 unspecified atom stereocenters. The molecule has 1 fully saturated rings. The van der Waals surface area contributed by atoms with Gasteiger partial charge in [-0.1, -0.05) is 0 Å². The zero-order valence-corrected chi connectivity index (χ0v) is 13.7. The average molecular weight is 338 g/mol. The van der Waals surface area contributed by atoms with Crippen LogP contribution in [0.15, 0.2) is 16.9 Å². The van der Waals surface area contributed by atoms with E-state index >= 15 is 0 Å². The molecule has 1 saturated carbocycles. The van der Waals surface area contributed by atoms with Gasteiger partial charge >= 0.3 is 0 Å². The Bertz CT molecular complexity index is 794.